The predicted octanol–water partition coefficient (Wildman–Crippen LogP) is 3.99. The molecule has 1 aromatic carbocycles. The molecular weight excluding hydrogens is 269 g/mol. The molecule has 0 aliphatic rings. The van der Waals surface area contributed by atoms with Gasteiger partial charge in [-0.05, 0) is 44.0 Å². The van der Waals surface area contributed by atoms with Crippen LogP contribution >= 0.6 is 0 Å². The van der Waals surface area contributed by atoms with E-state index >= 15 is 0 Å². The molecule has 3 nitrogen and oxygen atoms in total. The van der Waals surface area contributed by atoms with Crippen molar-refractivity contribution in [2.24, 2.45) is 0 Å². The standard InChI is InChI=1S/C17H26FNO2/c1-3-5-7-16(14-9-11-15(18)12-10-14)19-13-6-8-17(20)21-4-2/h9-12,16,19H,3-8,13H2,1-2H3. The van der Waals surface area contributed by atoms with E-state index in [0.717, 1.165) is 37.8 Å². The van der Waals surface area contributed by atoms with Crippen LogP contribution in [0.15, 0.2) is 24.3 Å². The molecule has 0 radical (unpaired) electrons. The van der Waals surface area contributed by atoms with Gasteiger partial charge in [0.2, 0.25) is 0 Å². The number of carbonyl (C=O) groups excluding carboxylic acids is 1. The molecule has 0 saturated heterocycles. The Bertz CT molecular complexity index is 406. The van der Waals surface area contributed by atoms with Gasteiger partial charge in [0.05, 0.1) is 6.61 Å². The van der Waals surface area contributed by atoms with E-state index in [0.29, 0.717) is 13.0 Å². The van der Waals surface area contributed by atoms with Gasteiger partial charge in [-0.2, -0.15) is 0 Å². The van der Waals surface area contributed by atoms with Gasteiger partial charge in [0, 0.05) is 12.5 Å². The molecule has 1 rings (SSSR count). The van der Waals surface area contributed by atoms with E-state index < -0.39 is 0 Å². The molecule has 1 atom stereocenters. The topological polar surface area (TPSA) is 38.3 Å². The van der Waals surface area contributed by atoms with Gasteiger partial charge in [-0.25, -0.2) is 4.39 Å². The van der Waals surface area contributed by atoms with E-state index in [1.54, 1.807) is 0 Å². The quantitative estimate of drug-likeness (QED) is 0.524. The highest BCUT2D eigenvalue weighted by Gasteiger charge is 2.11. The Morgan fingerprint density at radius 3 is 2.57 bits per heavy atom. The fourth-order valence-corrected chi connectivity index (χ4v) is 2.23. The summed E-state index contributed by atoms with van der Waals surface area (Å²) in [7, 11) is 0. The number of nitrogens with one attached hydrogen (secondary N) is 1. The monoisotopic (exact) mass is 295 g/mol. The van der Waals surface area contributed by atoms with Crippen LogP contribution in [-0.4, -0.2) is 19.1 Å². The lowest BCUT2D eigenvalue weighted by Crippen LogP contribution is -2.23. The van der Waals surface area contributed by atoms with Crippen LogP contribution in [0.3, 0.4) is 0 Å². The Labute approximate surface area is 126 Å². The van der Waals surface area contributed by atoms with E-state index in [1.807, 2.05) is 19.1 Å². The average molecular weight is 295 g/mol. The summed E-state index contributed by atoms with van der Waals surface area (Å²) in [4.78, 5) is 11.3. The van der Waals surface area contributed by atoms with Crippen molar-refractivity contribution < 1.29 is 13.9 Å². The summed E-state index contributed by atoms with van der Waals surface area (Å²) >= 11 is 0. The molecule has 0 aliphatic carbocycles. The van der Waals surface area contributed by atoms with Gasteiger partial charge in [-0.3, -0.25) is 4.79 Å². The van der Waals surface area contributed by atoms with Crippen molar-refractivity contribution in [1.29, 1.82) is 0 Å². The Balaban J connectivity index is 2.43. The summed E-state index contributed by atoms with van der Waals surface area (Å²) in [6, 6.07) is 6.86. The van der Waals surface area contributed by atoms with E-state index in [9.17, 15) is 9.18 Å². The molecule has 0 fully saturated rings. The van der Waals surface area contributed by atoms with E-state index in [-0.39, 0.29) is 17.8 Å². The predicted molar refractivity (Wildman–Crippen MR) is 82.5 cm³/mol. The lowest BCUT2D eigenvalue weighted by Gasteiger charge is -2.19. The van der Waals surface area contributed by atoms with Crippen LogP contribution in [0.1, 0.15) is 57.6 Å². The van der Waals surface area contributed by atoms with Gasteiger partial charge in [-0.1, -0.05) is 31.9 Å². The molecule has 118 valence electrons. The first-order valence-electron chi connectivity index (χ1n) is 7.81. The first-order chi connectivity index (χ1) is 10.2. The van der Waals surface area contributed by atoms with Crippen molar-refractivity contribution in [3.8, 4) is 0 Å². The Morgan fingerprint density at radius 2 is 1.95 bits per heavy atom. The fourth-order valence-electron chi connectivity index (χ4n) is 2.23. The molecule has 0 amide bonds. The fraction of sp³-hybridized carbons (Fsp3) is 0.588. The molecule has 4 heteroatoms. The number of carbonyl (C=O) groups is 1. The number of halogens is 1. The third-order valence-corrected chi connectivity index (χ3v) is 3.37. The number of ether oxygens (including phenoxy) is 1. The molecule has 0 aliphatic heterocycles. The minimum atomic E-state index is -0.213. The van der Waals surface area contributed by atoms with E-state index in [2.05, 4.69) is 12.2 Å². The molecule has 0 saturated carbocycles. The van der Waals surface area contributed by atoms with Gasteiger partial charge in [0.15, 0.2) is 0 Å². The average Bonchev–Trinajstić information content (AvgIpc) is 2.48. The van der Waals surface area contributed by atoms with Gasteiger partial charge in [-0.15, -0.1) is 0 Å². The zero-order valence-electron chi connectivity index (χ0n) is 13.0. The maximum Gasteiger partial charge on any atom is 0.305 e. The van der Waals surface area contributed by atoms with Gasteiger partial charge in [0.1, 0.15) is 5.82 Å². The summed E-state index contributed by atoms with van der Waals surface area (Å²) in [6.07, 6.45) is 4.45. The third kappa shape index (κ3) is 7.23. The molecule has 0 bridgehead atoms. The van der Waals surface area contributed by atoms with E-state index in [4.69, 9.17) is 4.74 Å². The molecule has 0 heterocycles. The zero-order chi connectivity index (χ0) is 15.5. The summed E-state index contributed by atoms with van der Waals surface area (Å²) < 4.78 is 17.9. The largest absolute Gasteiger partial charge is 0.466 e. The highest BCUT2D eigenvalue weighted by molar-refractivity contribution is 5.69. The summed E-state index contributed by atoms with van der Waals surface area (Å²) in [5.74, 6) is -0.360. The van der Waals surface area contributed by atoms with Gasteiger partial charge < -0.3 is 10.1 Å². The van der Waals surface area contributed by atoms with Gasteiger partial charge >= 0.3 is 5.97 Å². The number of esters is 1. The number of unbranched alkanes of at least 4 members (excludes halogenated alkanes) is 1. The SMILES string of the molecule is CCCCC(NCCCC(=O)OCC)c1ccc(F)cc1. The lowest BCUT2D eigenvalue weighted by molar-refractivity contribution is -0.143. The normalized spacial score (nSPS) is 12.1. The zero-order valence-corrected chi connectivity index (χ0v) is 13.0. The molecular formula is C17H26FNO2. The van der Waals surface area contributed by atoms with Crippen LogP contribution in [0.5, 0.6) is 0 Å². The number of rotatable bonds is 10. The Hall–Kier alpha value is -1.42. The van der Waals surface area contributed by atoms with Crippen LogP contribution in [0.4, 0.5) is 4.39 Å². The van der Waals surface area contributed by atoms with Crippen molar-refractivity contribution in [1.82, 2.24) is 5.32 Å². The van der Waals surface area contributed by atoms with Crippen molar-refractivity contribution in [3.05, 3.63) is 35.6 Å². The molecule has 0 aromatic heterocycles. The Kier molecular flexibility index (Phi) is 8.67. The maximum atomic E-state index is 13.0. The second-order valence-electron chi connectivity index (χ2n) is 5.11. The summed E-state index contributed by atoms with van der Waals surface area (Å²) in [5, 5.41) is 3.46. The van der Waals surface area contributed by atoms with Crippen LogP contribution in [-0.2, 0) is 9.53 Å². The maximum absolute atomic E-state index is 13.0. The minimum absolute atomic E-state index is 0.147. The second-order valence-corrected chi connectivity index (χ2v) is 5.11. The Morgan fingerprint density at radius 1 is 1.24 bits per heavy atom. The molecule has 1 unspecified atom stereocenters. The van der Waals surface area contributed by atoms with E-state index in [1.165, 1.54) is 12.1 Å². The molecule has 0 spiro atoms. The molecule has 1 aromatic rings. The third-order valence-electron chi connectivity index (χ3n) is 3.37. The van der Waals surface area contributed by atoms with Crippen LogP contribution < -0.4 is 5.32 Å². The highest BCUT2D eigenvalue weighted by Crippen LogP contribution is 2.19. The van der Waals surface area contributed by atoms with Crippen LogP contribution in [0.2, 0.25) is 0 Å². The summed E-state index contributed by atoms with van der Waals surface area (Å²) in [6.45, 7) is 5.15. The van der Waals surface area contributed by atoms with Crippen molar-refractivity contribution >= 4 is 5.97 Å². The number of hydrogen-bond acceptors (Lipinski definition) is 3. The summed E-state index contributed by atoms with van der Waals surface area (Å²) in [5.41, 5.74) is 1.10. The van der Waals surface area contributed by atoms with Gasteiger partial charge in [0.25, 0.3) is 0 Å². The molecule has 21 heavy (non-hydrogen) atoms. The number of hydrogen-bond donors (Lipinski definition) is 1. The lowest BCUT2D eigenvalue weighted by atomic mass is 10.0. The first kappa shape index (κ1) is 17.6. The van der Waals surface area contributed by atoms with Crippen molar-refractivity contribution in [3.63, 3.8) is 0 Å². The van der Waals surface area contributed by atoms with Crippen LogP contribution in [0.25, 0.3) is 0 Å². The van der Waals surface area contributed by atoms with Crippen molar-refractivity contribution in [2.75, 3.05) is 13.2 Å². The number of benzene rings is 1. The second kappa shape index (κ2) is 10.3. The first-order valence-corrected chi connectivity index (χ1v) is 7.81. The van der Waals surface area contributed by atoms with Crippen LogP contribution in [0, 0.1) is 5.82 Å². The molecule has 1 N–H and O–H groups in total. The minimum Gasteiger partial charge on any atom is -0.466 e. The smallest absolute Gasteiger partial charge is 0.305 e. The van der Waals surface area contributed by atoms with Crippen molar-refractivity contribution in [2.45, 2.75) is 52.0 Å². The highest BCUT2D eigenvalue weighted by atomic mass is 19.1.